The molecule has 282 valence electrons. The maximum atomic E-state index is 4.47. The van der Waals surface area contributed by atoms with Gasteiger partial charge in [-0.25, -0.2) is 20.0 Å². The number of nitrogens with one attached hydrogen (secondary N) is 5. The van der Waals surface area contributed by atoms with Crippen LogP contribution in [0.3, 0.4) is 0 Å². The van der Waals surface area contributed by atoms with Crippen LogP contribution >= 0.6 is 0 Å². The van der Waals surface area contributed by atoms with Gasteiger partial charge in [0.05, 0.1) is 11.4 Å². The van der Waals surface area contributed by atoms with Crippen molar-refractivity contribution in [2.24, 2.45) is 9.98 Å². The van der Waals surface area contributed by atoms with Crippen molar-refractivity contribution < 1.29 is 20.0 Å². The first-order valence-electron chi connectivity index (χ1n) is 19.8. The zero-order chi connectivity index (χ0) is 37.0. The molecule has 0 amide bonds. The number of unbranched alkanes of at least 4 members (excludes halogenated alkanes) is 6. The summed E-state index contributed by atoms with van der Waals surface area (Å²) in [6, 6.07) is 12.2. The first kappa shape index (κ1) is 49.3. The Kier molecular flexibility index (Phi) is 34.8. The van der Waals surface area contributed by atoms with E-state index in [1.807, 2.05) is 73.7 Å². The molecule has 0 aromatic carbocycles. The molecule has 0 aliphatic carbocycles. The molecule has 3 aromatic rings. The minimum Gasteiger partial charge on any atom is -0.648 e. The van der Waals surface area contributed by atoms with Gasteiger partial charge in [-0.15, -0.1) is 0 Å². The maximum Gasteiger partial charge on any atom is 2.00 e. The topological polar surface area (TPSA) is 125 Å². The Balaban J connectivity index is 0.000000743. The Hall–Kier alpha value is -2.66. The van der Waals surface area contributed by atoms with Crippen LogP contribution in [0.1, 0.15) is 153 Å². The number of aromatic amines is 1. The molecule has 10 heteroatoms. The molecule has 5 N–H and O–H groups in total. The molecule has 0 saturated heterocycles. The molecule has 0 atom stereocenters. The van der Waals surface area contributed by atoms with Gasteiger partial charge in [-0.2, -0.15) is 0 Å². The monoisotopic (exact) mass is 789 g/mol. The molecule has 3 aromatic heterocycles. The molecule has 0 aliphatic heterocycles. The molecule has 3 rings (SSSR count). The fraction of sp³-hybridized carbons (Fsp3) is 0.571. The standard InChI is InChI=1S/C14H23N3.2C14H22N3.Sr/c3*1-3-5-9-15-11-13-7-8-14(17-13)12-16-10-6-4-2;/h7-8,11-12,17H,3-6,9-10H2,1-2H3;2*7-8,11-12H,3-6,9-10H2,1-2H3;/q;2*-1;+2/p+4. The number of H-pyrrole nitrogens is 1. The molecule has 0 unspecified atom stereocenters. The average Bonchev–Trinajstić information content (AvgIpc) is 3.92. The van der Waals surface area contributed by atoms with Crippen LogP contribution < -0.4 is 29.9 Å². The van der Waals surface area contributed by atoms with Crippen LogP contribution in [0.4, 0.5) is 0 Å². The van der Waals surface area contributed by atoms with E-state index in [-0.39, 0.29) is 45.5 Å². The smallest absolute Gasteiger partial charge is 0.648 e. The van der Waals surface area contributed by atoms with Gasteiger partial charge in [-0.3, -0.25) is 9.98 Å². The van der Waals surface area contributed by atoms with Gasteiger partial charge in [0.25, 0.3) is 0 Å². The Bertz CT molecular complexity index is 1130. The number of nitrogens with zero attached hydrogens (tertiary/aromatic N) is 4. The summed E-state index contributed by atoms with van der Waals surface area (Å²) < 4.78 is 0. The van der Waals surface area contributed by atoms with Gasteiger partial charge in [0.15, 0.2) is 0 Å². The molecule has 52 heavy (non-hydrogen) atoms. The fourth-order valence-electron chi connectivity index (χ4n) is 4.34. The molecule has 0 spiro atoms. The second-order valence-electron chi connectivity index (χ2n) is 12.5. The second kappa shape index (κ2) is 36.7. The van der Waals surface area contributed by atoms with Crippen molar-refractivity contribution in [3.63, 3.8) is 0 Å². The van der Waals surface area contributed by atoms with Crippen molar-refractivity contribution in [2.75, 3.05) is 39.3 Å². The third kappa shape index (κ3) is 27.9. The van der Waals surface area contributed by atoms with E-state index < -0.39 is 0 Å². The summed E-state index contributed by atoms with van der Waals surface area (Å²) in [6.07, 6.45) is 26.1. The summed E-state index contributed by atoms with van der Waals surface area (Å²) >= 11 is 0. The van der Waals surface area contributed by atoms with E-state index in [0.717, 1.165) is 86.3 Å². The van der Waals surface area contributed by atoms with Crippen molar-refractivity contribution in [3.05, 3.63) is 70.6 Å². The normalized spacial score (nSPS) is 11.7. The van der Waals surface area contributed by atoms with Crippen LogP contribution in [0, 0.1) is 0 Å². The van der Waals surface area contributed by atoms with Crippen molar-refractivity contribution in [1.82, 2.24) is 15.0 Å². The minimum atomic E-state index is 0. The third-order valence-corrected chi connectivity index (χ3v) is 7.54. The second-order valence-corrected chi connectivity index (χ2v) is 12.5. The zero-order valence-electron chi connectivity index (χ0n) is 33.7. The number of aliphatic imine (C=N–C) groups is 2. The largest absolute Gasteiger partial charge is 2.00 e. The van der Waals surface area contributed by atoms with Crippen molar-refractivity contribution >= 4 is 82.8 Å². The molecule has 0 saturated carbocycles. The molecule has 0 aliphatic rings. The van der Waals surface area contributed by atoms with E-state index in [0.29, 0.717) is 0 Å². The average molecular weight is 790 g/mol. The molecule has 3 heterocycles. The number of rotatable bonds is 24. The Morgan fingerprint density at radius 3 is 1.02 bits per heavy atom. The van der Waals surface area contributed by atoms with Gasteiger partial charge in [-0.05, 0) is 25.0 Å². The molecular weight excluding hydrogens is 718 g/mol. The van der Waals surface area contributed by atoms with Gasteiger partial charge in [0.1, 0.15) is 51.0 Å². The maximum absolute atomic E-state index is 4.47. The minimum absolute atomic E-state index is 0. The van der Waals surface area contributed by atoms with Gasteiger partial charge in [-0.1, -0.05) is 127 Å². The quantitative estimate of drug-likeness (QED) is 0.0538. The van der Waals surface area contributed by atoms with Crippen molar-refractivity contribution in [2.45, 2.75) is 119 Å². The van der Waals surface area contributed by atoms with Gasteiger partial charge in [0, 0.05) is 51.2 Å². The summed E-state index contributed by atoms with van der Waals surface area (Å²) in [5, 5.41) is 0. The van der Waals surface area contributed by atoms with Gasteiger partial charge in [0.2, 0.25) is 0 Å². The third-order valence-electron chi connectivity index (χ3n) is 7.54. The fourth-order valence-corrected chi connectivity index (χ4v) is 4.34. The Morgan fingerprint density at radius 2 is 0.750 bits per heavy atom. The van der Waals surface area contributed by atoms with Crippen LogP contribution in [0.25, 0.3) is 0 Å². The number of hydrogen-bond acceptors (Lipinski definition) is 2. The van der Waals surface area contributed by atoms with E-state index in [1.165, 1.54) is 64.2 Å². The van der Waals surface area contributed by atoms with E-state index in [9.17, 15) is 0 Å². The van der Waals surface area contributed by atoms with Crippen LogP contribution in [-0.4, -0.2) is 127 Å². The van der Waals surface area contributed by atoms with E-state index in [1.54, 1.807) is 0 Å². The van der Waals surface area contributed by atoms with Crippen LogP contribution in [-0.2, 0) is 0 Å². The summed E-state index contributed by atoms with van der Waals surface area (Å²) in [6.45, 7) is 19.0. The predicted octanol–water partition coefficient (Wildman–Crippen LogP) is 1.56. The summed E-state index contributed by atoms with van der Waals surface area (Å²) in [7, 11) is 0. The van der Waals surface area contributed by atoms with Gasteiger partial charge < -0.3 is 15.0 Å². The predicted molar refractivity (Wildman–Crippen MR) is 224 cm³/mol. The molecule has 0 radical (unpaired) electrons. The van der Waals surface area contributed by atoms with Crippen LogP contribution in [0.15, 0.2) is 46.4 Å². The number of aromatic nitrogens is 3. The summed E-state index contributed by atoms with van der Waals surface area (Å²) in [5.74, 6) is 0. The van der Waals surface area contributed by atoms with E-state index >= 15 is 0 Å². The SMILES string of the molecule is CCCCN=Cc1ccc(C=NCCCC)[nH]1.CCCC[NH+]=Cc1ccc(C=[NH+]CCCC)[n-]1.CCCC[NH+]=Cc1ccc(C=[NH+]CCCC)[n-]1.[Sr+2]. The molecule has 0 fully saturated rings. The van der Waals surface area contributed by atoms with E-state index in [2.05, 4.69) is 86.4 Å². The van der Waals surface area contributed by atoms with Crippen LogP contribution in [0.2, 0.25) is 0 Å². The van der Waals surface area contributed by atoms with E-state index in [4.69, 9.17) is 0 Å². The summed E-state index contributed by atoms with van der Waals surface area (Å²) in [5.41, 5.74) is 6.12. The number of hydrogen-bond donors (Lipinski definition) is 5. The molecule has 0 bridgehead atoms. The molecular formula is C42H71N9Sr+4. The zero-order valence-corrected chi connectivity index (χ0v) is 37.1. The van der Waals surface area contributed by atoms with Crippen molar-refractivity contribution in [1.29, 1.82) is 0 Å². The first-order valence-corrected chi connectivity index (χ1v) is 19.8. The first-order chi connectivity index (χ1) is 25.1. The van der Waals surface area contributed by atoms with Gasteiger partial charge >= 0.3 is 45.5 Å². The molecule has 9 nitrogen and oxygen atoms in total. The Labute approximate surface area is 353 Å². The summed E-state index contributed by atoms with van der Waals surface area (Å²) in [4.78, 5) is 34.0. The van der Waals surface area contributed by atoms with Crippen molar-refractivity contribution in [3.8, 4) is 0 Å². The Morgan fingerprint density at radius 1 is 0.462 bits per heavy atom. The van der Waals surface area contributed by atoms with Crippen LogP contribution in [0.5, 0.6) is 0 Å².